The summed E-state index contributed by atoms with van der Waals surface area (Å²) in [6.07, 6.45) is 0.513. The molecule has 1 unspecified atom stereocenters. The van der Waals surface area contributed by atoms with Crippen molar-refractivity contribution in [3.63, 3.8) is 0 Å². The molecule has 0 aliphatic rings. The van der Waals surface area contributed by atoms with Gasteiger partial charge >= 0.3 is 5.97 Å². The van der Waals surface area contributed by atoms with Crippen molar-refractivity contribution in [2.24, 2.45) is 11.7 Å². The van der Waals surface area contributed by atoms with Crippen molar-refractivity contribution in [2.75, 3.05) is 20.3 Å². The number of ether oxygens (including phenoxy) is 2. The molecule has 0 fully saturated rings. The Balaban J connectivity index is 3.37. The predicted octanol–water partition coefficient (Wildman–Crippen LogP) is 0.549. The summed E-state index contributed by atoms with van der Waals surface area (Å²) in [6, 6.07) is -0.558. The van der Waals surface area contributed by atoms with Crippen LogP contribution in [-0.2, 0) is 14.3 Å². The average Bonchev–Trinajstić information content (AvgIpc) is 2.10. The number of methoxy groups -OCH3 is 1. The summed E-state index contributed by atoms with van der Waals surface area (Å²) in [6.45, 7) is 5.35. The minimum Gasteiger partial charge on any atom is -0.468 e. The van der Waals surface area contributed by atoms with E-state index in [1.165, 1.54) is 7.11 Å². The summed E-state index contributed by atoms with van der Waals surface area (Å²) >= 11 is 0. The van der Waals surface area contributed by atoms with Gasteiger partial charge in [-0.1, -0.05) is 13.8 Å². The summed E-state index contributed by atoms with van der Waals surface area (Å²) < 4.78 is 9.74. The Morgan fingerprint density at radius 1 is 1.46 bits per heavy atom. The second-order valence-corrected chi connectivity index (χ2v) is 3.39. The number of carbonyl (C=O) groups excluding carboxylic acids is 1. The number of esters is 1. The highest BCUT2D eigenvalue weighted by atomic mass is 16.5. The van der Waals surface area contributed by atoms with E-state index in [1.807, 2.05) is 0 Å². The predicted molar refractivity (Wildman–Crippen MR) is 50.3 cm³/mol. The largest absolute Gasteiger partial charge is 0.468 e. The topological polar surface area (TPSA) is 61.5 Å². The van der Waals surface area contributed by atoms with Gasteiger partial charge in [-0.25, -0.2) is 0 Å². The van der Waals surface area contributed by atoms with E-state index >= 15 is 0 Å². The van der Waals surface area contributed by atoms with Crippen LogP contribution in [0.2, 0.25) is 0 Å². The molecule has 13 heavy (non-hydrogen) atoms. The zero-order valence-electron chi connectivity index (χ0n) is 8.58. The molecule has 4 nitrogen and oxygen atoms in total. The SMILES string of the molecule is COC(=O)C(N)CCOCC(C)C. The molecule has 0 heterocycles. The van der Waals surface area contributed by atoms with Crippen molar-refractivity contribution in [3.05, 3.63) is 0 Å². The average molecular weight is 189 g/mol. The summed E-state index contributed by atoms with van der Waals surface area (Å²) in [5.41, 5.74) is 5.49. The Hall–Kier alpha value is -0.610. The van der Waals surface area contributed by atoms with Crippen LogP contribution in [0.15, 0.2) is 0 Å². The van der Waals surface area contributed by atoms with Crippen LogP contribution >= 0.6 is 0 Å². The van der Waals surface area contributed by atoms with Gasteiger partial charge < -0.3 is 15.2 Å². The van der Waals surface area contributed by atoms with Gasteiger partial charge in [0, 0.05) is 13.2 Å². The minimum atomic E-state index is -0.558. The summed E-state index contributed by atoms with van der Waals surface area (Å²) in [5, 5.41) is 0. The Morgan fingerprint density at radius 2 is 2.08 bits per heavy atom. The summed E-state index contributed by atoms with van der Waals surface area (Å²) in [5.74, 6) is 0.127. The van der Waals surface area contributed by atoms with Gasteiger partial charge in [0.2, 0.25) is 0 Å². The molecule has 0 spiro atoms. The fraction of sp³-hybridized carbons (Fsp3) is 0.889. The lowest BCUT2D eigenvalue weighted by molar-refractivity contribution is -0.142. The quantitative estimate of drug-likeness (QED) is 0.489. The first-order valence-corrected chi connectivity index (χ1v) is 4.49. The van der Waals surface area contributed by atoms with Crippen molar-refractivity contribution in [3.8, 4) is 0 Å². The lowest BCUT2D eigenvalue weighted by Gasteiger charge is -2.10. The normalized spacial score (nSPS) is 13.0. The molecule has 0 aliphatic carbocycles. The molecule has 0 amide bonds. The van der Waals surface area contributed by atoms with Crippen LogP contribution in [0.3, 0.4) is 0 Å². The van der Waals surface area contributed by atoms with Crippen molar-refractivity contribution in [1.29, 1.82) is 0 Å². The van der Waals surface area contributed by atoms with E-state index < -0.39 is 6.04 Å². The Bertz CT molecular complexity index is 148. The number of hydrogen-bond acceptors (Lipinski definition) is 4. The number of carbonyl (C=O) groups is 1. The fourth-order valence-corrected chi connectivity index (χ4v) is 0.799. The van der Waals surface area contributed by atoms with Crippen molar-refractivity contribution >= 4 is 5.97 Å². The van der Waals surface area contributed by atoms with Crippen molar-refractivity contribution < 1.29 is 14.3 Å². The molecule has 0 bridgehead atoms. The zero-order valence-corrected chi connectivity index (χ0v) is 8.58. The summed E-state index contributed by atoms with van der Waals surface area (Å²) in [7, 11) is 1.33. The van der Waals surface area contributed by atoms with Crippen LogP contribution in [0.1, 0.15) is 20.3 Å². The van der Waals surface area contributed by atoms with Gasteiger partial charge in [0.05, 0.1) is 7.11 Å². The van der Waals surface area contributed by atoms with Crippen LogP contribution in [0.5, 0.6) is 0 Å². The van der Waals surface area contributed by atoms with Crippen LogP contribution in [0.4, 0.5) is 0 Å². The van der Waals surface area contributed by atoms with E-state index in [-0.39, 0.29) is 5.97 Å². The second kappa shape index (κ2) is 6.86. The third kappa shape index (κ3) is 6.54. The highest BCUT2D eigenvalue weighted by molar-refractivity contribution is 5.75. The maximum absolute atomic E-state index is 10.8. The Morgan fingerprint density at radius 3 is 2.54 bits per heavy atom. The maximum Gasteiger partial charge on any atom is 0.322 e. The molecule has 1 atom stereocenters. The van der Waals surface area contributed by atoms with E-state index in [0.717, 1.165) is 0 Å². The molecule has 0 aliphatic heterocycles. The van der Waals surface area contributed by atoms with Gasteiger partial charge in [-0.3, -0.25) is 4.79 Å². The first-order chi connectivity index (χ1) is 6.07. The monoisotopic (exact) mass is 189 g/mol. The molecule has 0 rings (SSSR count). The van der Waals surface area contributed by atoms with Gasteiger partial charge in [-0.05, 0) is 12.3 Å². The lowest BCUT2D eigenvalue weighted by Crippen LogP contribution is -2.32. The molecule has 0 aromatic rings. The second-order valence-electron chi connectivity index (χ2n) is 3.39. The van der Waals surface area contributed by atoms with Gasteiger partial charge in [0.1, 0.15) is 6.04 Å². The van der Waals surface area contributed by atoms with Crippen molar-refractivity contribution in [2.45, 2.75) is 26.3 Å². The standard InChI is InChI=1S/C9H19NO3/c1-7(2)6-13-5-4-8(10)9(11)12-3/h7-8H,4-6,10H2,1-3H3. The number of hydrogen-bond donors (Lipinski definition) is 1. The minimum absolute atomic E-state index is 0.381. The molecule has 2 N–H and O–H groups in total. The third-order valence-electron chi connectivity index (χ3n) is 1.53. The number of rotatable bonds is 6. The zero-order chi connectivity index (χ0) is 10.3. The van der Waals surface area contributed by atoms with Gasteiger partial charge in [0.25, 0.3) is 0 Å². The molecule has 0 saturated heterocycles. The van der Waals surface area contributed by atoms with E-state index in [1.54, 1.807) is 0 Å². The smallest absolute Gasteiger partial charge is 0.322 e. The molecule has 78 valence electrons. The highest BCUT2D eigenvalue weighted by Crippen LogP contribution is 1.96. The first kappa shape index (κ1) is 12.4. The fourth-order valence-electron chi connectivity index (χ4n) is 0.799. The lowest BCUT2D eigenvalue weighted by atomic mass is 10.2. The maximum atomic E-state index is 10.8. The van der Waals surface area contributed by atoms with E-state index in [9.17, 15) is 4.79 Å². The van der Waals surface area contributed by atoms with Crippen molar-refractivity contribution in [1.82, 2.24) is 0 Å². The molecule has 0 aromatic carbocycles. The highest BCUT2D eigenvalue weighted by Gasteiger charge is 2.12. The molecule has 0 aromatic heterocycles. The Labute approximate surface area is 79.4 Å². The molecular weight excluding hydrogens is 170 g/mol. The van der Waals surface area contributed by atoms with Crippen LogP contribution in [-0.4, -0.2) is 32.3 Å². The van der Waals surface area contributed by atoms with E-state index in [2.05, 4.69) is 18.6 Å². The van der Waals surface area contributed by atoms with Crippen LogP contribution in [0.25, 0.3) is 0 Å². The first-order valence-electron chi connectivity index (χ1n) is 4.49. The Kier molecular flexibility index (Phi) is 6.54. The van der Waals surface area contributed by atoms with Crippen LogP contribution in [0, 0.1) is 5.92 Å². The van der Waals surface area contributed by atoms with E-state index in [0.29, 0.717) is 25.6 Å². The third-order valence-corrected chi connectivity index (χ3v) is 1.53. The van der Waals surface area contributed by atoms with Crippen LogP contribution < -0.4 is 5.73 Å². The van der Waals surface area contributed by atoms with Gasteiger partial charge in [0.15, 0.2) is 0 Å². The molecule has 0 saturated carbocycles. The molecule has 0 radical (unpaired) electrons. The van der Waals surface area contributed by atoms with Gasteiger partial charge in [-0.2, -0.15) is 0 Å². The van der Waals surface area contributed by atoms with Gasteiger partial charge in [-0.15, -0.1) is 0 Å². The number of nitrogens with two attached hydrogens (primary N) is 1. The molecular formula is C9H19NO3. The van der Waals surface area contributed by atoms with E-state index in [4.69, 9.17) is 10.5 Å². The summed E-state index contributed by atoms with van der Waals surface area (Å²) in [4.78, 5) is 10.8. The molecule has 4 heteroatoms.